The van der Waals surface area contributed by atoms with E-state index in [1.165, 1.54) is 11.8 Å². The summed E-state index contributed by atoms with van der Waals surface area (Å²) < 4.78 is 15.8. The Labute approximate surface area is 172 Å². The van der Waals surface area contributed by atoms with Crippen LogP contribution < -0.4 is 11.1 Å². The number of carbonyl (C=O) groups is 3. The van der Waals surface area contributed by atoms with Crippen molar-refractivity contribution in [3.63, 3.8) is 0 Å². The van der Waals surface area contributed by atoms with Gasteiger partial charge in [0.25, 0.3) is 0 Å². The molecule has 0 fully saturated rings. The maximum absolute atomic E-state index is 12.4. The Bertz CT molecular complexity index is 546. The molecule has 1 amide bonds. The van der Waals surface area contributed by atoms with Gasteiger partial charge in [-0.25, -0.2) is 9.59 Å². The molecule has 0 unspecified atom stereocenters. The molecule has 0 aliphatic heterocycles. The van der Waals surface area contributed by atoms with Gasteiger partial charge in [-0.1, -0.05) is 0 Å². The van der Waals surface area contributed by atoms with Crippen LogP contribution in [-0.2, 0) is 23.8 Å². The average molecular weight is 421 g/mol. The Morgan fingerprint density at radius 3 is 1.64 bits per heavy atom. The number of ether oxygens (including phenoxy) is 3. The lowest BCUT2D eigenvalue weighted by Gasteiger charge is -2.26. The maximum atomic E-state index is 12.4. The molecular formula is C19H36N2O6S. The van der Waals surface area contributed by atoms with Gasteiger partial charge in [-0.15, -0.1) is 0 Å². The molecule has 164 valence electrons. The van der Waals surface area contributed by atoms with E-state index < -0.39 is 46.9 Å². The number of amides is 1. The highest BCUT2D eigenvalue weighted by molar-refractivity contribution is 7.99. The van der Waals surface area contributed by atoms with Gasteiger partial charge in [0.15, 0.2) is 0 Å². The topological polar surface area (TPSA) is 117 Å². The first-order valence-corrected chi connectivity index (χ1v) is 10.3. The molecule has 0 rings (SSSR count). The number of rotatable bonds is 7. The van der Waals surface area contributed by atoms with Crippen LogP contribution >= 0.6 is 11.8 Å². The highest BCUT2D eigenvalue weighted by Gasteiger charge is 2.29. The zero-order valence-electron chi connectivity index (χ0n) is 18.5. The summed E-state index contributed by atoms with van der Waals surface area (Å²) in [5, 5.41) is 2.52. The van der Waals surface area contributed by atoms with Crippen LogP contribution in [0.15, 0.2) is 0 Å². The van der Waals surface area contributed by atoms with Gasteiger partial charge >= 0.3 is 18.0 Å². The van der Waals surface area contributed by atoms with E-state index in [1.807, 2.05) is 0 Å². The molecule has 0 aromatic rings. The van der Waals surface area contributed by atoms with Crippen molar-refractivity contribution in [1.82, 2.24) is 5.32 Å². The van der Waals surface area contributed by atoms with Crippen molar-refractivity contribution < 1.29 is 28.6 Å². The predicted molar refractivity (Wildman–Crippen MR) is 110 cm³/mol. The van der Waals surface area contributed by atoms with Crippen LogP contribution in [0.5, 0.6) is 0 Å². The fraction of sp³-hybridized carbons (Fsp3) is 0.842. The number of nitrogens with two attached hydrogens (primary N) is 1. The lowest BCUT2D eigenvalue weighted by molar-refractivity contribution is -0.157. The summed E-state index contributed by atoms with van der Waals surface area (Å²) in [6.45, 7) is 15.7. The van der Waals surface area contributed by atoms with Crippen molar-refractivity contribution in [3.8, 4) is 0 Å². The molecule has 0 aliphatic rings. The number of hydrogen-bond acceptors (Lipinski definition) is 8. The number of carbonyl (C=O) groups excluding carboxylic acids is 3. The van der Waals surface area contributed by atoms with Crippen LogP contribution in [0.2, 0.25) is 0 Å². The molecule has 0 radical (unpaired) electrons. The highest BCUT2D eigenvalue weighted by Crippen LogP contribution is 2.15. The second-order valence-corrected chi connectivity index (χ2v) is 10.5. The molecule has 0 aromatic carbocycles. The largest absolute Gasteiger partial charge is 0.459 e. The molecule has 0 aliphatic carbocycles. The van der Waals surface area contributed by atoms with Crippen molar-refractivity contribution in [1.29, 1.82) is 0 Å². The molecule has 2 atom stereocenters. The summed E-state index contributed by atoms with van der Waals surface area (Å²) in [5.74, 6) is -0.708. The van der Waals surface area contributed by atoms with E-state index in [9.17, 15) is 14.4 Å². The molecule has 0 aromatic heterocycles. The third kappa shape index (κ3) is 13.7. The van der Waals surface area contributed by atoms with E-state index in [1.54, 1.807) is 62.3 Å². The normalized spacial score (nSPS) is 14.6. The van der Waals surface area contributed by atoms with Gasteiger partial charge in [0.05, 0.1) is 0 Å². The predicted octanol–water partition coefficient (Wildman–Crippen LogP) is 2.62. The van der Waals surface area contributed by atoms with Crippen molar-refractivity contribution in [2.75, 3.05) is 11.5 Å². The van der Waals surface area contributed by atoms with Crippen molar-refractivity contribution in [2.24, 2.45) is 5.73 Å². The van der Waals surface area contributed by atoms with Gasteiger partial charge < -0.3 is 25.3 Å². The summed E-state index contributed by atoms with van der Waals surface area (Å²) in [7, 11) is 0. The maximum Gasteiger partial charge on any atom is 0.408 e. The second kappa shape index (κ2) is 10.3. The third-order valence-electron chi connectivity index (χ3n) is 2.67. The molecule has 0 heterocycles. The monoisotopic (exact) mass is 420 g/mol. The zero-order valence-corrected chi connectivity index (χ0v) is 19.3. The summed E-state index contributed by atoms with van der Waals surface area (Å²) >= 11 is 1.24. The molecule has 0 spiro atoms. The first kappa shape index (κ1) is 26.5. The zero-order chi connectivity index (χ0) is 22.3. The van der Waals surface area contributed by atoms with E-state index in [4.69, 9.17) is 19.9 Å². The van der Waals surface area contributed by atoms with E-state index in [2.05, 4.69) is 5.32 Å². The fourth-order valence-corrected chi connectivity index (χ4v) is 2.73. The van der Waals surface area contributed by atoms with E-state index in [0.29, 0.717) is 0 Å². The fourth-order valence-electron chi connectivity index (χ4n) is 1.75. The second-order valence-electron chi connectivity index (χ2n) is 9.41. The first-order valence-electron chi connectivity index (χ1n) is 9.18. The third-order valence-corrected chi connectivity index (χ3v) is 3.84. The Balaban J connectivity index is 4.87. The van der Waals surface area contributed by atoms with Gasteiger partial charge in [0.1, 0.15) is 28.9 Å². The van der Waals surface area contributed by atoms with Crippen LogP contribution in [0.1, 0.15) is 62.3 Å². The Kier molecular flexibility index (Phi) is 9.79. The smallest absolute Gasteiger partial charge is 0.408 e. The molecule has 28 heavy (non-hydrogen) atoms. The van der Waals surface area contributed by atoms with Crippen LogP contribution in [0.3, 0.4) is 0 Å². The minimum atomic E-state index is -0.940. The van der Waals surface area contributed by atoms with E-state index in [-0.39, 0.29) is 11.5 Å². The SMILES string of the molecule is CC(C)(C)OC(=O)N[C@@H](CSC[C@H](N)C(=O)OC(C)(C)C)C(=O)OC(C)(C)C. The minimum Gasteiger partial charge on any atom is -0.459 e. The minimum absolute atomic E-state index is 0.171. The Hall–Kier alpha value is -1.48. The quantitative estimate of drug-likeness (QED) is 0.477. The Morgan fingerprint density at radius 2 is 1.21 bits per heavy atom. The summed E-state index contributed by atoms with van der Waals surface area (Å²) in [6.07, 6.45) is -0.722. The van der Waals surface area contributed by atoms with Crippen molar-refractivity contribution in [3.05, 3.63) is 0 Å². The molecule has 8 nitrogen and oxygen atoms in total. The summed E-state index contributed by atoms with van der Waals surface area (Å²) in [5.41, 5.74) is 3.82. The molecule has 9 heteroatoms. The van der Waals surface area contributed by atoms with Gasteiger partial charge in [-0.3, -0.25) is 4.79 Å². The van der Waals surface area contributed by atoms with E-state index in [0.717, 1.165) is 0 Å². The van der Waals surface area contributed by atoms with Gasteiger partial charge in [0, 0.05) is 11.5 Å². The average Bonchev–Trinajstić information content (AvgIpc) is 2.40. The van der Waals surface area contributed by atoms with Crippen molar-refractivity contribution >= 4 is 29.8 Å². The number of esters is 2. The lowest BCUT2D eigenvalue weighted by Crippen LogP contribution is -2.47. The standard InChI is InChI=1S/C19H36N2O6S/c1-17(2,3)25-14(22)12(20)10-28-11-13(15(23)26-18(4,5)6)21-16(24)27-19(7,8)9/h12-13H,10-11,20H2,1-9H3,(H,21,24)/t12-,13-/m0/s1. The number of thioether (sulfide) groups is 1. The first-order chi connectivity index (χ1) is 12.4. The van der Waals surface area contributed by atoms with Gasteiger partial charge in [-0.05, 0) is 62.3 Å². The van der Waals surface area contributed by atoms with Crippen molar-refractivity contribution in [2.45, 2.75) is 91.2 Å². The number of nitrogens with one attached hydrogen (secondary N) is 1. The number of alkyl carbamates (subject to hydrolysis) is 1. The van der Waals surface area contributed by atoms with Crippen LogP contribution in [-0.4, -0.2) is 58.4 Å². The molecule has 0 saturated heterocycles. The molecular weight excluding hydrogens is 384 g/mol. The van der Waals surface area contributed by atoms with Gasteiger partial charge in [-0.2, -0.15) is 11.8 Å². The molecule has 0 bridgehead atoms. The number of hydrogen-bond donors (Lipinski definition) is 2. The van der Waals surface area contributed by atoms with Crippen LogP contribution in [0, 0.1) is 0 Å². The molecule has 3 N–H and O–H groups in total. The lowest BCUT2D eigenvalue weighted by atomic mass is 10.2. The summed E-state index contributed by atoms with van der Waals surface area (Å²) in [6, 6.07) is -1.78. The summed E-state index contributed by atoms with van der Waals surface area (Å²) in [4.78, 5) is 36.4. The van der Waals surface area contributed by atoms with Crippen LogP contribution in [0.4, 0.5) is 4.79 Å². The Morgan fingerprint density at radius 1 is 0.786 bits per heavy atom. The van der Waals surface area contributed by atoms with Gasteiger partial charge in [0.2, 0.25) is 0 Å². The van der Waals surface area contributed by atoms with Crippen LogP contribution in [0.25, 0.3) is 0 Å². The molecule has 0 saturated carbocycles. The van der Waals surface area contributed by atoms with E-state index >= 15 is 0 Å². The highest BCUT2D eigenvalue weighted by atomic mass is 32.2.